The van der Waals surface area contributed by atoms with Crippen LogP contribution in [-0.4, -0.2) is 37.2 Å². The van der Waals surface area contributed by atoms with Crippen molar-refractivity contribution in [3.05, 3.63) is 85.1 Å². The average molecular weight is 849 g/mol. The lowest BCUT2D eigenvalue weighted by molar-refractivity contribution is -0.166. The van der Waals surface area contributed by atoms with Crippen LogP contribution < -0.4 is 0 Å². The summed E-state index contributed by atoms with van der Waals surface area (Å²) >= 11 is 0. The topological polar surface area (TPSA) is 78.9 Å². The zero-order valence-electron chi connectivity index (χ0n) is 39.7. The first kappa shape index (κ1) is 57.6. The molecule has 0 unspecified atom stereocenters. The lowest BCUT2D eigenvalue weighted by Gasteiger charge is -2.18. The molecule has 0 N–H and O–H groups in total. The Morgan fingerprint density at radius 2 is 0.689 bits per heavy atom. The highest BCUT2D eigenvalue weighted by molar-refractivity contribution is 5.71. The maximum atomic E-state index is 12.8. The third kappa shape index (κ3) is 47.5. The molecule has 348 valence electrons. The van der Waals surface area contributed by atoms with Crippen molar-refractivity contribution in [2.75, 3.05) is 13.2 Å². The normalized spacial score (nSPS) is 12.8. The van der Waals surface area contributed by atoms with Crippen molar-refractivity contribution in [3.8, 4) is 0 Å². The van der Waals surface area contributed by atoms with Gasteiger partial charge in [0.05, 0.1) is 0 Å². The maximum Gasteiger partial charge on any atom is 0.306 e. The van der Waals surface area contributed by atoms with Gasteiger partial charge in [0.1, 0.15) is 13.2 Å². The van der Waals surface area contributed by atoms with Crippen LogP contribution in [0, 0.1) is 0 Å². The van der Waals surface area contributed by atoms with Crippen LogP contribution in [0.15, 0.2) is 85.1 Å². The van der Waals surface area contributed by atoms with Crippen molar-refractivity contribution in [1.29, 1.82) is 0 Å². The van der Waals surface area contributed by atoms with E-state index in [0.717, 1.165) is 89.9 Å². The molecule has 0 aromatic carbocycles. The van der Waals surface area contributed by atoms with Gasteiger partial charge in [-0.2, -0.15) is 0 Å². The number of rotatable bonds is 44. The van der Waals surface area contributed by atoms with Gasteiger partial charge in [0, 0.05) is 19.3 Å². The zero-order valence-corrected chi connectivity index (χ0v) is 39.7. The summed E-state index contributed by atoms with van der Waals surface area (Å²) in [5, 5.41) is 0. The molecule has 0 rings (SSSR count). The largest absolute Gasteiger partial charge is 0.462 e. The van der Waals surface area contributed by atoms with Crippen molar-refractivity contribution < 1.29 is 28.6 Å². The molecule has 6 nitrogen and oxygen atoms in total. The summed E-state index contributed by atoms with van der Waals surface area (Å²) in [6.45, 7) is 6.40. The highest BCUT2D eigenvalue weighted by Crippen LogP contribution is 2.14. The molecule has 1 atom stereocenters. The number of esters is 3. The highest BCUT2D eigenvalue weighted by Gasteiger charge is 2.19. The fourth-order valence-electron chi connectivity index (χ4n) is 6.62. The highest BCUT2D eigenvalue weighted by atomic mass is 16.6. The molecule has 0 saturated carbocycles. The van der Waals surface area contributed by atoms with Crippen LogP contribution in [0.1, 0.15) is 226 Å². The Morgan fingerprint density at radius 1 is 0.344 bits per heavy atom. The number of allylic oxidation sites excluding steroid dienone is 14. The fourth-order valence-corrected chi connectivity index (χ4v) is 6.62. The van der Waals surface area contributed by atoms with Gasteiger partial charge >= 0.3 is 17.9 Å². The van der Waals surface area contributed by atoms with Crippen LogP contribution in [0.4, 0.5) is 0 Å². The molecule has 61 heavy (non-hydrogen) atoms. The third-order valence-electron chi connectivity index (χ3n) is 10.4. The Morgan fingerprint density at radius 3 is 1.15 bits per heavy atom. The minimum atomic E-state index is -0.807. The van der Waals surface area contributed by atoms with Gasteiger partial charge in [0.15, 0.2) is 6.10 Å². The second-order valence-electron chi connectivity index (χ2n) is 16.3. The van der Waals surface area contributed by atoms with E-state index in [1.54, 1.807) is 0 Å². The Kier molecular flexibility index (Phi) is 46.5. The van der Waals surface area contributed by atoms with Gasteiger partial charge in [-0.05, 0) is 77.0 Å². The van der Waals surface area contributed by atoms with Gasteiger partial charge in [0.25, 0.3) is 0 Å². The van der Waals surface area contributed by atoms with E-state index >= 15 is 0 Å². The van der Waals surface area contributed by atoms with E-state index in [4.69, 9.17) is 14.2 Å². The first-order valence-corrected chi connectivity index (χ1v) is 25.1. The summed E-state index contributed by atoms with van der Waals surface area (Å²) in [6, 6.07) is 0. The summed E-state index contributed by atoms with van der Waals surface area (Å²) in [6.07, 6.45) is 62.9. The second-order valence-corrected chi connectivity index (χ2v) is 16.3. The number of carbonyl (C=O) groups excluding carboxylic acids is 3. The van der Waals surface area contributed by atoms with Gasteiger partial charge < -0.3 is 14.2 Å². The number of ether oxygens (including phenoxy) is 3. The Bertz CT molecular complexity index is 1200. The van der Waals surface area contributed by atoms with E-state index in [0.29, 0.717) is 19.3 Å². The average Bonchev–Trinajstić information content (AvgIpc) is 3.26. The van der Waals surface area contributed by atoms with E-state index in [9.17, 15) is 14.4 Å². The second kappa shape index (κ2) is 49.2. The summed E-state index contributed by atoms with van der Waals surface area (Å²) in [4.78, 5) is 37.8. The predicted octanol–water partition coefficient (Wildman–Crippen LogP) is 16.4. The van der Waals surface area contributed by atoms with Gasteiger partial charge in [-0.3, -0.25) is 14.4 Å². The number of carbonyl (C=O) groups is 3. The smallest absolute Gasteiger partial charge is 0.306 e. The first-order valence-electron chi connectivity index (χ1n) is 25.1. The SMILES string of the molecule is CC/C=C\C/C=C\C/C=C\C/C=C\C/C=C\C/C=C\CCC(=O)OC[C@@H](COC(=O)CCCCCCC/C=C\CCCC)OC(=O)CCCCCCCCCCCCCCC. The molecular weight excluding hydrogens is 757 g/mol. The minimum absolute atomic E-state index is 0.103. The number of unbranched alkanes of at least 4 members (excludes halogenated alkanes) is 19. The van der Waals surface area contributed by atoms with Crippen LogP contribution in [-0.2, 0) is 28.6 Å². The number of hydrogen-bond donors (Lipinski definition) is 0. The van der Waals surface area contributed by atoms with Crippen LogP contribution in [0.5, 0.6) is 0 Å². The van der Waals surface area contributed by atoms with Crippen LogP contribution in [0.3, 0.4) is 0 Å². The molecule has 0 aromatic rings. The zero-order chi connectivity index (χ0) is 44.4. The Hall–Kier alpha value is -3.41. The molecule has 0 aliphatic heterocycles. The first-order chi connectivity index (χ1) is 30.0. The molecule has 0 aromatic heterocycles. The third-order valence-corrected chi connectivity index (χ3v) is 10.4. The quantitative estimate of drug-likeness (QED) is 0.0263. The van der Waals surface area contributed by atoms with Crippen molar-refractivity contribution in [2.24, 2.45) is 0 Å². The maximum absolute atomic E-state index is 12.8. The van der Waals surface area contributed by atoms with Gasteiger partial charge in [-0.1, -0.05) is 215 Å². The van der Waals surface area contributed by atoms with Crippen LogP contribution >= 0.6 is 0 Å². The van der Waals surface area contributed by atoms with Crippen molar-refractivity contribution in [1.82, 2.24) is 0 Å². The van der Waals surface area contributed by atoms with Crippen LogP contribution in [0.25, 0.3) is 0 Å². The van der Waals surface area contributed by atoms with Gasteiger partial charge in [-0.25, -0.2) is 0 Å². The molecule has 0 saturated heterocycles. The van der Waals surface area contributed by atoms with Gasteiger partial charge in [0.2, 0.25) is 0 Å². The molecule has 0 aliphatic carbocycles. The summed E-state index contributed by atoms with van der Waals surface area (Å²) in [5.74, 6) is -1.00. The van der Waals surface area contributed by atoms with Crippen molar-refractivity contribution in [3.63, 3.8) is 0 Å². The summed E-state index contributed by atoms with van der Waals surface area (Å²) in [5.41, 5.74) is 0. The lowest BCUT2D eigenvalue weighted by atomic mass is 10.0. The van der Waals surface area contributed by atoms with E-state index in [2.05, 4.69) is 99.8 Å². The predicted molar refractivity (Wildman–Crippen MR) is 261 cm³/mol. The Labute approximate surface area is 375 Å². The van der Waals surface area contributed by atoms with E-state index in [-0.39, 0.29) is 37.5 Å². The minimum Gasteiger partial charge on any atom is -0.462 e. The van der Waals surface area contributed by atoms with E-state index < -0.39 is 6.10 Å². The molecule has 0 bridgehead atoms. The fraction of sp³-hybridized carbons (Fsp3) is 0.691. The molecule has 0 amide bonds. The molecule has 0 fully saturated rings. The van der Waals surface area contributed by atoms with E-state index in [1.165, 1.54) is 89.9 Å². The van der Waals surface area contributed by atoms with Crippen LogP contribution in [0.2, 0.25) is 0 Å². The molecule has 0 heterocycles. The molecule has 6 heteroatoms. The summed E-state index contributed by atoms with van der Waals surface area (Å²) < 4.78 is 16.7. The number of hydrogen-bond acceptors (Lipinski definition) is 6. The van der Waals surface area contributed by atoms with Crippen molar-refractivity contribution in [2.45, 2.75) is 232 Å². The summed E-state index contributed by atoms with van der Waals surface area (Å²) in [7, 11) is 0. The monoisotopic (exact) mass is 849 g/mol. The van der Waals surface area contributed by atoms with E-state index in [1.807, 2.05) is 6.08 Å². The molecule has 0 radical (unpaired) electrons. The van der Waals surface area contributed by atoms with Gasteiger partial charge in [-0.15, -0.1) is 0 Å². The Balaban J connectivity index is 4.48. The molecule has 0 spiro atoms. The standard InChI is InChI=1S/C55H92O6/c1-4-7-10-13-16-19-22-24-25-26-27-28-29-31-33-36-39-42-45-48-54(57)60-51-52(50-59-53(56)47-44-41-38-35-32-21-18-15-12-9-6-3)61-55(58)49-46-43-40-37-34-30-23-20-17-14-11-8-5-2/h7,10,15-16,18-19,24-25,27-28,31,33,39,42,52H,4-6,8-9,11-14,17,20-23,26,29-30,32,34-38,40-41,43-51H2,1-3H3/b10-7-,18-15-,19-16-,25-24-,28-27-,33-31-,42-39-/t52-/m1/s1. The van der Waals surface area contributed by atoms with Crippen molar-refractivity contribution >= 4 is 17.9 Å². The lowest BCUT2D eigenvalue weighted by Crippen LogP contribution is -2.30. The molecule has 0 aliphatic rings. The molecular formula is C55H92O6.